The molecule has 2 atom stereocenters. The standard InChI is InChI=1S/C22H21F3N8O3S/c1-31-6-5-18(30-31)21-29-28-19(33(21)20-16(24)3-2-4-17(20)25)12-37(35,36)15-7-14(34)10-32(11-15)22-26-8-13(23)9-27-22/h2-6,8-9,14-15,34H,7,10-12H2,1H3/t14-,15+/m0/s1. The first-order valence-corrected chi connectivity index (χ1v) is 12.8. The van der Waals surface area contributed by atoms with E-state index >= 15 is 0 Å². The second-order valence-corrected chi connectivity index (χ2v) is 10.9. The van der Waals surface area contributed by atoms with Gasteiger partial charge in [0, 0.05) is 26.3 Å². The third kappa shape index (κ3) is 4.91. The van der Waals surface area contributed by atoms with Crippen LogP contribution in [0.2, 0.25) is 0 Å². The molecular weight excluding hydrogens is 513 g/mol. The van der Waals surface area contributed by atoms with Crippen molar-refractivity contribution in [2.45, 2.75) is 23.5 Å². The highest BCUT2D eigenvalue weighted by Gasteiger charge is 2.37. The van der Waals surface area contributed by atoms with Crippen LogP contribution in [0.4, 0.5) is 19.1 Å². The van der Waals surface area contributed by atoms with E-state index < -0.39 is 50.1 Å². The van der Waals surface area contributed by atoms with Gasteiger partial charge < -0.3 is 10.0 Å². The zero-order chi connectivity index (χ0) is 26.3. The highest BCUT2D eigenvalue weighted by atomic mass is 32.2. The summed E-state index contributed by atoms with van der Waals surface area (Å²) in [5.41, 5.74) is -0.308. The van der Waals surface area contributed by atoms with Gasteiger partial charge in [0.2, 0.25) is 5.95 Å². The quantitative estimate of drug-likeness (QED) is 0.390. The number of piperidine rings is 1. The Labute approximate surface area is 209 Å². The molecule has 5 rings (SSSR count). The van der Waals surface area contributed by atoms with Crippen LogP contribution < -0.4 is 4.90 Å². The van der Waals surface area contributed by atoms with Crippen LogP contribution in [0, 0.1) is 17.5 Å². The van der Waals surface area contributed by atoms with Crippen molar-refractivity contribution in [3.05, 3.63) is 66.1 Å². The third-order valence-electron chi connectivity index (χ3n) is 5.95. The summed E-state index contributed by atoms with van der Waals surface area (Å²) in [5, 5.41) is 21.4. The van der Waals surface area contributed by atoms with Gasteiger partial charge in [0.15, 0.2) is 27.3 Å². The van der Waals surface area contributed by atoms with Gasteiger partial charge in [0.1, 0.15) is 28.8 Å². The van der Waals surface area contributed by atoms with E-state index in [1.165, 1.54) is 15.6 Å². The average Bonchev–Trinajstić information content (AvgIpc) is 3.45. The van der Waals surface area contributed by atoms with Crippen molar-refractivity contribution < 1.29 is 26.7 Å². The molecule has 15 heteroatoms. The molecule has 0 unspecified atom stereocenters. The van der Waals surface area contributed by atoms with Gasteiger partial charge in [-0.05, 0) is 24.6 Å². The van der Waals surface area contributed by atoms with Crippen LogP contribution in [0.3, 0.4) is 0 Å². The summed E-state index contributed by atoms with van der Waals surface area (Å²) in [4.78, 5) is 9.17. The molecule has 37 heavy (non-hydrogen) atoms. The van der Waals surface area contributed by atoms with Gasteiger partial charge in [-0.1, -0.05) is 6.07 Å². The van der Waals surface area contributed by atoms with E-state index in [4.69, 9.17) is 0 Å². The molecule has 194 valence electrons. The number of sulfone groups is 1. The zero-order valence-corrected chi connectivity index (χ0v) is 20.2. The molecule has 0 spiro atoms. The maximum Gasteiger partial charge on any atom is 0.225 e. The van der Waals surface area contributed by atoms with Crippen LogP contribution in [-0.4, -0.2) is 72.5 Å². The number of anilines is 1. The van der Waals surface area contributed by atoms with Crippen molar-refractivity contribution >= 4 is 15.8 Å². The summed E-state index contributed by atoms with van der Waals surface area (Å²) in [6.45, 7) is -0.0293. The lowest BCUT2D eigenvalue weighted by Gasteiger charge is -2.35. The molecular formula is C22H21F3N8O3S. The number of aliphatic hydroxyl groups is 1. The fourth-order valence-corrected chi connectivity index (χ4v) is 5.97. The lowest BCUT2D eigenvalue weighted by Crippen LogP contribution is -2.49. The molecule has 1 aromatic carbocycles. The fraction of sp³-hybridized carbons (Fsp3) is 0.318. The molecule has 1 fully saturated rings. The van der Waals surface area contributed by atoms with Crippen molar-refractivity contribution in [1.29, 1.82) is 0 Å². The highest BCUT2D eigenvalue weighted by Crippen LogP contribution is 2.29. The van der Waals surface area contributed by atoms with Crippen LogP contribution >= 0.6 is 0 Å². The molecule has 0 aliphatic carbocycles. The number of rotatable bonds is 6. The summed E-state index contributed by atoms with van der Waals surface area (Å²) in [7, 11) is -2.42. The summed E-state index contributed by atoms with van der Waals surface area (Å²) in [6, 6.07) is 4.81. The number of aromatic nitrogens is 7. The number of nitrogens with zero attached hydrogens (tertiary/aromatic N) is 8. The minimum atomic E-state index is -4.06. The lowest BCUT2D eigenvalue weighted by molar-refractivity contribution is 0.154. The predicted molar refractivity (Wildman–Crippen MR) is 125 cm³/mol. The van der Waals surface area contributed by atoms with Crippen molar-refractivity contribution in [1.82, 2.24) is 34.5 Å². The van der Waals surface area contributed by atoms with E-state index in [1.54, 1.807) is 19.3 Å². The molecule has 0 saturated carbocycles. The van der Waals surface area contributed by atoms with Gasteiger partial charge in [-0.3, -0.25) is 9.25 Å². The molecule has 11 nitrogen and oxygen atoms in total. The average molecular weight is 535 g/mol. The Morgan fingerprint density at radius 3 is 2.41 bits per heavy atom. The summed E-state index contributed by atoms with van der Waals surface area (Å²) in [6.07, 6.45) is 2.36. The number of hydrogen-bond donors (Lipinski definition) is 1. The topological polar surface area (TPSA) is 132 Å². The highest BCUT2D eigenvalue weighted by molar-refractivity contribution is 7.91. The van der Waals surface area contributed by atoms with Crippen molar-refractivity contribution in [2.24, 2.45) is 7.05 Å². The van der Waals surface area contributed by atoms with Crippen LogP contribution in [0.1, 0.15) is 12.2 Å². The molecule has 0 bridgehead atoms. The SMILES string of the molecule is Cn1ccc(-c2nnc(CS(=O)(=O)[C@@H]3C[C@H](O)CN(c4ncc(F)cn4)C3)n2-c2c(F)cccc2F)n1. The van der Waals surface area contributed by atoms with Crippen LogP contribution in [0.25, 0.3) is 17.2 Å². The Morgan fingerprint density at radius 1 is 1.05 bits per heavy atom. The number of benzene rings is 1. The second kappa shape index (κ2) is 9.55. The van der Waals surface area contributed by atoms with Gasteiger partial charge in [-0.2, -0.15) is 5.10 Å². The van der Waals surface area contributed by atoms with Gasteiger partial charge >= 0.3 is 0 Å². The third-order valence-corrected chi connectivity index (χ3v) is 7.97. The summed E-state index contributed by atoms with van der Waals surface area (Å²) < 4.78 is 72.4. The van der Waals surface area contributed by atoms with Gasteiger partial charge in [-0.25, -0.2) is 31.6 Å². The maximum atomic E-state index is 14.8. The largest absolute Gasteiger partial charge is 0.391 e. The molecule has 4 heterocycles. The zero-order valence-electron chi connectivity index (χ0n) is 19.4. The number of halogens is 3. The fourth-order valence-electron chi connectivity index (χ4n) is 4.27. The van der Waals surface area contributed by atoms with Crippen molar-refractivity contribution in [2.75, 3.05) is 18.0 Å². The summed E-state index contributed by atoms with van der Waals surface area (Å²) >= 11 is 0. The minimum Gasteiger partial charge on any atom is -0.391 e. The molecule has 4 aromatic rings. The van der Waals surface area contributed by atoms with Gasteiger partial charge in [0.25, 0.3) is 0 Å². The first-order valence-electron chi connectivity index (χ1n) is 11.1. The van der Waals surface area contributed by atoms with Crippen LogP contribution in [-0.2, 0) is 22.6 Å². The molecule has 1 saturated heterocycles. The molecule has 0 radical (unpaired) electrons. The monoisotopic (exact) mass is 534 g/mol. The van der Waals surface area contributed by atoms with Gasteiger partial charge in [0.05, 0.1) is 23.7 Å². The molecule has 1 N–H and O–H groups in total. The predicted octanol–water partition coefficient (Wildman–Crippen LogP) is 1.43. The van der Waals surface area contributed by atoms with E-state index in [-0.39, 0.29) is 42.8 Å². The van der Waals surface area contributed by atoms with E-state index in [1.807, 2.05) is 0 Å². The van der Waals surface area contributed by atoms with Crippen molar-refractivity contribution in [3.8, 4) is 17.2 Å². The number of aryl methyl sites for hydroxylation is 1. The van der Waals surface area contributed by atoms with E-state index in [9.17, 15) is 26.7 Å². The number of hydrogen-bond acceptors (Lipinski definition) is 9. The number of para-hydroxylation sites is 1. The normalized spacial score (nSPS) is 18.4. The maximum absolute atomic E-state index is 14.8. The second-order valence-electron chi connectivity index (χ2n) is 8.65. The number of aliphatic hydroxyl groups excluding tert-OH is 1. The van der Waals surface area contributed by atoms with Crippen LogP contribution in [0.5, 0.6) is 0 Å². The van der Waals surface area contributed by atoms with E-state index in [0.717, 1.165) is 29.1 Å². The van der Waals surface area contributed by atoms with E-state index in [2.05, 4.69) is 25.3 Å². The first-order chi connectivity index (χ1) is 17.6. The molecule has 1 aliphatic heterocycles. The Hall–Kier alpha value is -3.85. The first kappa shape index (κ1) is 24.8. The molecule has 3 aromatic heterocycles. The lowest BCUT2D eigenvalue weighted by atomic mass is 10.1. The Morgan fingerprint density at radius 2 is 1.76 bits per heavy atom. The Balaban J connectivity index is 1.52. The van der Waals surface area contributed by atoms with E-state index in [0.29, 0.717) is 0 Å². The smallest absolute Gasteiger partial charge is 0.225 e. The van der Waals surface area contributed by atoms with Crippen molar-refractivity contribution in [3.63, 3.8) is 0 Å². The molecule has 0 amide bonds. The summed E-state index contributed by atoms with van der Waals surface area (Å²) in [5.74, 6) is -3.47. The number of β-amino-alcohol motifs (C(OH)–C–C–N with tert-alkyl or cyclic N) is 1. The minimum absolute atomic E-state index is 0.0418. The van der Waals surface area contributed by atoms with Gasteiger partial charge in [-0.15, -0.1) is 10.2 Å². The van der Waals surface area contributed by atoms with Crippen LogP contribution in [0.15, 0.2) is 42.9 Å². The Bertz CT molecular complexity index is 1520. The molecule has 1 aliphatic rings. The Kier molecular flexibility index (Phi) is 6.41.